The highest BCUT2D eigenvalue weighted by molar-refractivity contribution is 6.03. The third kappa shape index (κ3) is 9.36. The Balaban J connectivity index is 2.10. The number of esters is 1. The molecule has 34 heavy (non-hydrogen) atoms. The molecule has 2 aromatic carbocycles. The SMILES string of the molecule is C/C=C\c1ccc(CN=C(NC(=O)NC[C@H](C)C(=O)OC)Nc2ccc(OC(C)C)cc2)cc1. The summed E-state index contributed by atoms with van der Waals surface area (Å²) in [7, 11) is 1.32. The topological polar surface area (TPSA) is 101 Å². The molecule has 0 saturated heterocycles. The molecule has 3 N–H and O–H groups in total. The Hall–Kier alpha value is -3.81. The lowest BCUT2D eigenvalue weighted by atomic mass is 10.1. The van der Waals surface area contributed by atoms with Crippen LogP contribution >= 0.6 is 0 Å². The molecule has 0 aromatic heterocycles. The van der Waals surface area contributed by atoms with Crippen molar-refractivity contribution in [2.24, 2.45) is 10.9 Å². The molecule has 0 heterocycles. The van der Waals surface area contributed by atoms with Crippen LogP contribution in [-0.4, -0.2) is 37.7 Å². The lowest BCUT2D eigenvalue weighted by Crippen LogP contribution is -2.44. The number of anilines is 1. The minimum Gasteiger partial charge on any atom is -0.491 e. The number of carbonyl (C=O) groups excluding carboxylic acids is 2. The number of urea groups is 1. The molecule has 0 bridgehead atoms. The number of aliphatic imine (C=N–C) groups is 1. The molecule has 182 valence electrons. The second kappa shape index (κ2) is 13.7. The lowest BCUT2D eigenvalue weighted by Gasteiger charge is -2.15. The molecule has 0 saturated carbocycles. The van der Waals surface area contributed by atoms with E-state index in [1.54, 1.807) is 6.92 Å². The van der Waals surface area contributed by atoms with E-state index < -0.39 is 17.9 Å². The maximum Gasteiger partial charge on any atom is 0.321 e. The van der Waals surface area contributed by atoms with Gasteiger partial charge >= 0.3 is 12.0 Å². The van der Waals surface area contributed by atoms with Crippen LogP contribution < -0.4 is 20.7 Å². The van der Waals surface area contributed by atoms with Crippen molar-refractivity contribution in [2.75, 3.05) is 19.0 Å². The summed E-state index contributed by atoms with van der Waals surface area (Å²) in [6.07, 6.45) is 4.08. The Morgan fingerprint density at radius 2 is 1.71 bits per heavy atom. The normalized spacial score (nSPS) is 12.4. The van der Waals surface area contributed by atoms with Crippen molar-refractivity contribution in [3.8, 4) is 5.75 Å². The summed E-state index contributed by atoms with van der Waals surface area (Å²) in [5.41, 5.74) is 2.84. The van der Waals surface area contributed by atoms with Gasteiger partial charge in [0.05, 0.1) is 25.7 Å². The van der Waals surface area contributed by atoms with E-state index in [-0.39, 0.29) is 18.6 Å². The molecule has 0 spiro atoms. The molecule has 2 amide bonds. The summed E-state index contributed by atoms with van der Waals surface area (Å²) in [6, 6.07) is 14.9. The first-order valence-corrected chi connectivity index (χ1v) is 11.2. The lowest BCUT2D eigenvalue weighted by molar-refractivity contribution is -0.144. The molecule has 2 rings (SSSR count). The van der Waals surface area contributed by atoms with Crippen molar-refractivity contribution in [1.29, 1.82) is 0 Å². The van der Waals surface area contributed by atoms with Crippen LogP contribution in [0, 0.1) is 5.92 Å². The van der Waals surface area contributed by atoms with E-state index in [0.29, 0.717) is 6.54 Å². The van der Waals surface area contributed by atoms with Gasteiger partial charge in [-0.15, -0.1) is 0 Å². The van der Waals surface area contributed by atoms with Crippen LogP contribution in [0.3, 0.4) is 0 Å². The van der Waals surface area contributed by atoms with Crippen LogP contribution in [0.4, 0.5) is 10.5 Å². The Morgan fingerprint density at radius 3 is 2.29 bits per heavy atom. The monoisotopic (exact) mass is 466 g/mol. The van der Waals surface area contributed by atoms with E-state index in [4.69, 9.17) is 4.74 Å². The summed E-state index contributed by atoms with van der Waals surface area (Å²) < 4.78 is 10.4. The molecule has 1 atom stereocenters. The van der Waals surface area contributed by atoms with E-state index in [1.807, 2.05) is 81.5 Å². The van der Waals surface area contributed by atoms with Gasteiger partial charge in [-0.3, -0.25) is 10.1 Å². The van der Waals surface area contributed by atoms with Crippen molar-refractivity contribution < 1.29 is 19.1 Å². The summed E-state index contributed by atoms with van der Waals surface area (Å²) in [6.45, 7) is 8.08. The predicted octanol–water partition coefficient (Wildman–Crippen LogP) is 4.58. The molecule has 0 aliphatic rings. The summed E-state index contributed by atoms with van der Waals surface area (Å²) in [5, 5.41) is 8.52. The van der Waals surface area contributed by atoms with Crippen LogP contribution in [0.5, 0.6) is 5.75 Å². The highest BCUT2D eigenvalue weighted by Gasteiger charge is 2.15. The fourth-order valence-electron chi connectivity index (χ4n) is 2.92. The van der Waals surface area contributed by atoms with Crippen LogP contribution in [0.15, 0.2) is 59.6 Å². The number of methoxy groups -OCH3 is 1. The second-order valence-electron chi connectivity index (χ2n) is 7.98. The van der Waals surface area contributed by atoms with E-state index >= 15 is 0 Å². The number of ether oxygens (including phenoxy) is 2. The number of allylic oxidation sites excluding steroid dienone is 1. The molecule has 0 radical (unpaired) electrons. The molecule has 2 aromatic rings. The number of carbonyl (C=O) groups is 2. The molecular formula is C26H34N4O4. The number of nitrogens with one attached hydrogen (secondary N) is 3. The zero-order valence-electron chi connectivity index (χ0n) is 20.4. The number of nitrogens with zero attached hydrogens (tertiary/aromatic N) is 1. The molecular weight excluding hydrogens is 432 g/mol. The van der Waals surface area contributed by atoms with Gasteiger partial charge in [-0.05, 0) is 56.2 Å². The van der Waals surface area contributed by atoms with Gasteiger partial charge < -0.3 is 20.1 Å². The van der Waals surface area contributed by atoms with Gasteiger partial charge in [-0.25, -0.2) is 9.79 Å². The maximum atomic E-state index is 12.4. The number of guanidine groups is 1. The van der Waals surface area contributed by atoms with Crippen LogP contribution in [0.25, 0.3) is 6.08 Å². The van der Waals surface area contributed by atoms with Gasteiger partial charge in [0.2, 0.25) is 5.96 Å². The maximum absolute atomic E-state index is 12.4. The molecule has 8 heteroatoms. The Morgan fingerprint density at radius 1 is 1.03 bits per heavy atom. The van der Waals surface area contributed by atoms with Crippen molar-refractivity contribution in [2.45, 2.75) is 40.3 Å². The van der Waals surface area contributed by atoms with Gasteiger partial charge in [-0.2, -0.15) is 0 Å². The van der Waals surface area contributed by atoms with Gasteiger partial charge in [0.25, 0.3) is 0 Å². The van der Waals surface area contributed by atoms with E-state index in [2.05, 4.69) is 25.7 Å². The third-order valence-electron chi connectivity index (χ3n) is 4.65. The molecule has 0 unspecified atom stereocenters. The van der Waals surface area contributed by atoms with Crippen molar-refractivity contribution in [3.05, 3.63) is 65.7 Å². The summed E-state index contributed by atoms with van der Waals surface area (Å²) in [4.78, 5) is 28.5. The first-order valence-electron chi connectivity index (χ1n) is 11.2. The summed E-state index contributed by atoms with van der Waals surface area (Å²) >= 11 is 0. The quantitative estimate of drug-likeness (QED) is 0.285. The van der Waals surface area contributed by atoms with Gasteiger partial charge in [0.15, 0.2) is 0 Å². The highest BCUT2D eigenvalue weighted by Crippen LogP contribution is 2.17. The Labute approximate surface area is 201 Å². The third-order valence-corrected chi connectivity index (χ3v) is 4.65. The number of rotatable bonds is 9. The van der Waals surface area contributed by atoms with Crippen LogP contribution in [-0.2, 0) is 16.1 Å². The molecule has 0 aliphatic carbocycles. The minimum atomic E-state index is -0.481. The van der Waals surface area contributed by atoms with E-state index in [0.717, 1.165) is 22.6 Å². The minimum absolute atomic E-state index is 0.0767. The van der Waals surface area contributed by atoms with Gasteiger partial charge in [-0.1, -0.05) is 43.3 Å². The largest absolute Gasteiger partial charge is 0.491 e. The predicted molar refractivity (Wildman–Crippen MR) is 136 cm³/mol. The zero-order chi connectivity index (χ0) is 24.9. The molecule has 0 aliphatic heterocycles. The smallest absolute Gasteiger partial charge is 0.321 e. The first-order chi connectivity index (χ1) is 16.3. The average Bonchev–Trinajstić information content (AvgIpc) is 2.82. The number of amides is 2. The van der Waals surface area contributed by atoms with Crippen LogP contribution in [0.1, 0.15) is 38.8 Å². The zero-order valence-corrected chi connectivity index (χ0v) is 20.4. The van der Waals surface area contributed by atoms with E-state index in [1.165, 1.54) is 7.11 Å². The number of benzene rings is 2. The van der Waals surface area contributed by atoms with E-state index in [9.17, 15) is 9.59 Å². The van der Waals surface area contributed by atoms with Gasteiger partial charge in [0.1, 0.15) is 5.75 Å². The van der Waals surface area contributed by atoms with Gasteiger partial charge in [0, 0.05) is 12.2 Å². The van der Waals surface area contributed by atoms with Crippen molar-refractivity contribution >= 4 is 29.7 Å². The van der Waals surface area contributed by atoms with Crippen LogP contribution in [0.2, 0.25) is 0 Å². The fraction of sp³-hybridized carbons (Fsp3) is 0.346. The summed E-state index contributed by atoms with van der Waals surface area (Å²) in [5.74, 6) is 0.173. The first kappa shape index (κ1) is 26.4. The standard InChI is InChI=1S/C26H34N4O4/c1-6-7-20-8-10-21(11-9-20)17-27-25(30-26(32)28-16-19(4)24(31)33-5)29-22-12-14-23(15-13-22)34-18(2)3/h6-15,18-19H,16-17H2,1-5H3,(H3,27,28,29,30,32)/b7-6-/t19-/m0/s1. The number of hydrogen-bond acceptors (Lipinski definition) is 5. The highest BCUT2D eigenvalue weighted by atomic mass is 16.5. The Bertz CT molecular complexity index is 983. The van der Waals surface area contributed by atoms with Crippen molar-refractivity contribution in [3.63, 3.8) is 0 Å². The Kier molecular flexibility index (Phi) is 10.6. The second-order valence-corrected chi connectivity index (χ2v) is 7.98. The molecule has 0 fully saturated rings. The number of hydrogen-bond donors (Lipinski definition) is 3. The fourth-order valence-corrected chi connectivity index (χ4v) is 2.92. The van der Waals surface area contributed by atoms with Crippen molar-refractivity contribution in [1.82, 2.24) is 10.6 Å². The average molecular weight is 467 g/mol. The molecule has 8 nitrogen and oxygen atoms in total.